The quantitative estimate of drug-likeness (QED) is 0.475. The first kappa shape index (κ1) is 22.7. The van der Waals surface area contributed by atoms with Crippen molar-refractivity contribution in [2.24, 2.45) is 4.99 Å². The molecular weight excluding hydrogens is 392 g/mol. The Kier molecular flexibility index (Phi) is 8.84. The normalized spacial score (nSPS) is 15.3. The smallest absolute Gasteiger partial charge is 0.191 e. The molecule has 0 bridgehead atoms. The van der Waals surface area contributed by atoms with E-state index in [1.807, 2.05) is 31.2 Å². The molecule has 168 valence electrons. The summed E-state index contributed by atoms with van der Waals surface area (Å²) >= 11 is 0. The molecule has 0 radical (unpaired) electrons. The number of hydrogen-bond acceptors (Lipinski definition) is 5. The third-order valence-corrected chi connectivity index (χ3v) is 5.01. The van der Waals surface area contributed by atoms with Gasteiger partial charge >= 0.3 is 0 Å². The SMILES string of the molecule is CCNC(=NCc1ccc(N2CCOCC2)cc1)NCC(C)Oc1cccc(OC)c1. The highest BCUT2D eigenvalue weighted by molar-refractivity contribution is 5.79. The highest BCUT2D eigenvalue weighted by Crippen LogP contribution is 2.20. The van der Waals surface area contributed by atoms with Gasteiger partial charge in [0, 0.05) is 31.4 Å². The maximum atomic E-state index is 5.98. The Labute approximate surface area is 185 Å². The fourth-order valence-corrected chi connectivity index (χ4v) is 3.33. The minimum Gasteiger partial charge on any atom is -0.497 e. The first-order chi connectivity index (χ1) is 15.2. The molecule has 2 aromatic carbocycles. The van der Waals surface area contributed by atoms with Gasteiger partial charge in [-0.25, -0.2) is 4.99 Å². The van der Waals surface area contributed by atoms with Crippen LogP contribution in [0.1, 0.15) is 19.4 Å². The first-order valence-corrected chi connectivity index (χ1v) is 10.9. The molecule has 7 heteroatoms. The zero-order valence-corrected chi connectivity index (χ0v) is 18.8. The summed E-state index contributed by atoms with van der Waals surface area (Å²) in [7, 11) is 1.65. The molecule has 3 rings (SSSR count). The zero-order valence-electron chi connectivity index (χ0n) is 18.8. The van der Waals surface area contributed by atoms with Crippen LogP contribution in [-0.4, -0.2) is 58.6 Å². The molecule has 1 aliphatic heterocycles. The van der Waals surface area contributed by atoms with Crippen molar-refractivity contribution in [1.29, 1.82) is 0 Å². The summed E-state index contributed by atoms with van der Waals surface area (Å²) in [6.07, 6.45) is -0.0243. The number of aliphatic imine (C=N–C) groups is 1. The van der Waals surface area contributed by atoms with Crippen LogP contribution in [0.15, 0.2) is 53.5 Å². The van der Waals surface area contributed by atoms with Crippen LogP contribution in [0.5, 0.6) is 11.5 Å². The van der Waals surface area contributed by atoms with Crippen molar-refractivity contribution < 1.29 is 14.2 Å². The van der Waals surface area contributed by atoms with Crippen LogP contribution in [0.25, 0.3) is 0 Å². The Balaban J connectivity index is 1.50. The van der Waals surface area contributed by atoms with E-state index in [1.54, 1.807) is 7.11 Å². The Bertz CT molecular complexity index is 820. The highest BCUT2D eigenvalue weighted by Gasteiger charge is 2.11. The molecule has 1 fully saturated rings. The molecule has 0 aliphatic carbocycles. The third-order valence-electron chi connectivity index (χ3n) is 5.01. The number of rotatable bonds is 9. The molecule has 1 unspecified atom stereocenters. The molecule has 1 saturated heterocycles. The molecule has 0 aromatic heterocycles. The standard InChI is InChI=1S/C24H34N4O3/c1-4-25-24(26-17-19(2)31-23-7-5-6-22(16-23)29-3)27-18-20-8-10-21(11-9-20)28-12-14-30-15-13-28/h5-11,16,19H,4,12-15,17-18H2,1-3H3,(H2,25,26,27). The number of guanidine groups is 1. The average molecular weight is 427 g/mol. The molecule has 0 spiro atoms. The molecule has 0 saturated carbocycles. The van der Waals surface area contributed by atoms with Crippen LogP contribution >= 0.6 is 0 Å². The van der Waals surface area contributed by atoms with E-state index in [1.165, 1.54) is 11.3 Å². The van der Waals surface area contributed by atoms with E-state index in [0.717, 1.165) is 50.3 Å². The second-order valence-electron chi connectivity index (χ2n) is 7.45. The average Bonchev–Trinajstić information content (AvgIpc) is 2.82. The Hall–Kier alpha value is -2.93. The van der Waals surface area contributed by atoms with E-state index >= 15 is 0 Å². The molecule has 0 amide bonds. The maximum absolute atomic E-state index is 5.98. The van der Waals surface area contributed by atoms with Gasteiger partial charge in [-0.15, -0.1) is 0 Å². The summed E-state index contributed by atoms with van der Waals surface area (Å²) in [6.45, 7) is 9.62. The Morgan fingerprint density at radius 2 is 1.84 bits per heavy atom. The molecule has 7 nitrogen and oxygen atoms in total. The van der Waals surface area contributed by atoms with Crippen LogP contribution in [0, 0.1) is 0 Å². The molecule has 1 aliphatic rings. The van der Waals surface area contributed by atoms with Gasteiger partial charge in [-0.1, -0.05) is 18.2 Å². The van der Waals surface area contributed by atoms with Crippen molar-refractivity contribution >= 4 is 11.6 Å². The summed E-state index contributed by atoms with van der Waals surface area (Å²) in [5, 5.41) is 6.66. The number of hydrogen-bond donors (Lipinski definition) is 2. The number of nitrogens with one attached hydrogen (secondary N) is 2. The van der Waals surface area contributed by atoms with Crippen molar-refractivity contribution in [3.63, 3.8) is 0 Å². The van der Waals surface area contributed by atoms with Gasteiger partial charge in [0.05, 0.1) is 33.4 Å². The van der Waals surface area contributed by atoms with E-state index in [4.69, 9.17) is 19.2 Å². The van der Waals surface area contributed by atoms with Crippen LogP contribution in [0.4, 0.5) is 5.69 Å². The number of ether oxygens (including phenoxy) is 3. The molecular formula is C24H34N4O3. The second-order valence-corrected chi connectivity index (χ2v) is 7.45. The number of methoxy groups -OCH3 is 1. The van der Waals surface area contributed by atoms with Gasteiger partial charge in [0.2, 0.25) is 0 Å². The number of anilines is 1. The topological polar surface area (TPSA) is 67.4 Å². The van der Waals surface area contributed by atoms with Crippen LogP contribution in [0.2, 0.25) is 0 Å². The fourth-order valence-electron chi connectivity index (χ4n) is 3.33. The number of morpholine rings is 1. The van der Waals surface area contributed by atoms with Gasteiger partial charge in [-0.05, 0) is 43.7 Å². The fraction of sp³-hybridized carbons (Fsp3) is 0.458. The van der Waals surface area contributed by atoms with E-state index in [0.29, 0.717) is 13.1 Å². The lowest BCUT2D eigenvalue weighted by molar-refractivity contribution is 0.122. The summed E-state index contributed by atoms with van der Waals surface area (Å²) in [5.41, 5.74) is 2.42. The Morgan fingerprint density at radius 3 is 2.55 bits per heavy atom. The summed E-state index contributed by atoms with van der Waals surface area (Å²) < 4.78 is 16.7. The lowest BCUT2D eigenvalue weighted by Crippen LogP contribution is -2.41. The number of benzene rings is 2. The monoisotopic (exact) mass is 426 g/mol. The van der Waals surface area contributed by atoms with Crippen molar-refractivity contribution in [3.8, 4) is 11.5 Å². The van der Waals surface area contributed by atoms with Gasteiger partial charge in [0.25, 0.3) is 0 Å². The molecule has 31 heavy (non-hydrogen) atoms. The maximum Gasteiger partial charge on any atom is 0.191 e. The summed E-state index contributed by atoms with van der Waals surface area (Å²) in [4.78, 5) is 7.07. The third kappa shape index (κ3) is 7.36. The van der Waals surface area contributed by atoms with Gasteiger partial charge in [0.1, 0.15) is 17.6 Å². The first-order valence-electron chi connectivity index (χ1n) is 10.9. The predicted octanol–water partition coefficient (Wildman–Crippen LogP) is 3.05. The largest absolute Gasteiger partial charge is 0.497 e. The van der Waals surface area contributed by atoms with Gasteiger partial charge in [-0.2, -0.15) is 0 Å². The second kappa shape index (κ2) is 12.1. The van der Waals surface area contributed by atoms with E-state index < -0.39 is 0 Å². The van der Waals surface area contributed by atoms with Crippen LogP contribution in [0.3, 0.4) is 0 Å². The van der Waals surface area contributed by atoms with Gasteiger partial charge in [-0.3, -0.25) is 0 Å². The lowest BCUT2D eigenvalue weighted by Gasteiger charge is -2.28. The van der Waals surface area contributed by atoms with Crippen molar-refractivity contribution in [2.75, 3.05) is 51.4 Å². The van der Waals surface area contributed by atoms with Crippen molar-refractivity contribution in [2.45, 2.75) is 26.5 Å². The lowest BCUT2D eigenvalue weighted by atomic mass is 10.2. The zero-order chi connectivity index (χ0) is 21.9. The molecule has 1 atom stereocenters. The molecule has 1 heterocycles. The number of nitrogens with zero attached hydrogens (tertiary/aromatic N) is 2. The van der Waals surface area contributed by atoms with Crippen molar-refractivity contribution in [1.82, 2.24) is 10.6 Å². The predicted molar refractivity (Wildman–Crippen MR) is 125 cm³/mol. The van der Waals surface area contributed by atoms with Gasteiger partial charge in [0.15, 0.2) is 5.96 Å². The van der Waals surface area contributed by atoms with E-state index in [-0.39, 0.29) is 6.10 Å². The Morgan fingerprint density at radius 1 is 1.10 bits per heavy atom. The summed E-state index contributed by atoms with van der Waals surface area (Å²) in [5.74, 6) is 2.35. The van der Waals surface area contributed by atoms with Crippen LogP contribution in [-0.2, 0) is 11.3 Å². The molecule has 2 aromatic rings. The van der Waals surface area contributed by atoms with Crippen LogP contribution < -0.4 is 25.0 Å². The molecule has 2 N–H and O–H groups in total. The van der Waals surface area contributed by atoms with Gasteiger partial charge < -0.3 is 29.7 Å². The minimum atomic E-state index is -0.0243. The van der Waals surface area contributed by atoms with Crippen molar-refractivity contribution in [3.05, 3.63) is 54.1 Å². The highest BCUT2D eigenvalue weighted by atomic mass is 16.5. The summed E-state index contributed by atoms with van der Waals surface area (Å²) in [6, 6.07) is 16.3. The van der Waals surface area contributed by atoms with E-state index in [9.17, 15) is 0 Å². The minimum absolute atomic E-state index is 0.0243. The van der Waals surface area contributed by atoms with E-state index in [2.05, 4.69) is 46.7 Å².